The maximum Gasteiger partial charge on any atom is 0.271 e. The lowest BCUT2D eigenvalue weighted by Crippen LogP contribution is -2.47. The third-order valence-corrected chi connectivity index (χ3v) is 6.82. The van der Waals surface area contributed by atoms with E-state index in [2.05, 4.69) is 10.3 Å². The molecule has 0 radical (unpaired) electrons. The summed E-state index contributed by atoms with van der Waals surface area (Å²) in [7, 11) is 0. The average Bonchev–Trinajstić information content (AvgIpc) is 3.15. The highest BCUT2D eigenvalue weighted by atomic mass is 32.2. The van der Waals surface area contributed by atoms with E-state index in [4.69, 9.17) is 4.99 Å². The molecule has 0 aliphatic carbocycles. The zero-order valence-electron chi connectivity index (χ0n) is 18.2. The number of carbonyl (C=O) groups excluding carboxylic acids is 2. The molecule has 3 unspecified atom stereocenters. The second-order valence-corrected chi connectivity index (χ2v) is 9.30. The lowest BCUT2D eigenvalue weighted by atomic mass is 9.97. The summed E-state index contributed by atoms with van der Waals surface area (Å²) in [6.07, 6.45) is 0.822. The lowest BCUT2D eigenvalue weighted by Gasteiger charge is -2.34. The number of amides is 2. The van der Waals surface area contributed by atoms with Crippen molar-refractivity contribution in [1.82, 2.24) is 10.2 Å². The van der Waals surface area contributed by atoms with Crippen LogP contribution in [0.5, 0.6) is 0 Å². The second-order valence-electron chi connectivity index (χ2n) is 7.99. The third-order valence-electron chi connectivity index (χ3n) is 5.76. The van der Waals surface area contributed by atoms with E-state index in [1.54, 1.807) is 19.1 Å². The Morgan fingerprint density at radius 2 is 1.88 bits per heavy atom. The van der Waals surface area contributed by atoms with Crippen LogP contribution < -0.4 is 5.32 Å². The minimum Gasteiger partial charge on any atom is -0.351 e. The van der Waals surface area contributed by atoms with E-state index in [1.165, 1.54) is 23.9 Å². The first-order valence-electron chi connectivity index (χ1n) is 10.7. The first-order chi connectivity index (χ1) is 15.4. The van der Waals surface area contributed by atoms with Gasteiger partial charge in [-0.15, -0.1) is 0 Å². The van der Waals surface area contributed by atoms with Crippen LogP contribution in [0.4, 0.5) is 10.1 Å². The number of nitrogens with one attached hydrogen (secondary N) is 1. The summed E-state index contributed by atoms with van der Waals surface area (Å²) in [6, 6.07) is 13.2. The van der Waals surface area contributed by atoms with E-state index in [0.717, 1.165) is 23.2 Å². The predicted molar refractivity (Wildman–Crippen MR) is 125 cm³/mol. The van der Waals surface area contributed by atoms with Gasteiger partial charge in [-0.1, -0.05) is 56.3 Å². The van der Waals surface area contributed by atoms with Gasteiger partial charge in [-0.2, -0.15) is 4.99 Å². The van der Waals surface area contributed by atoms with Gasteiger partial charge in [-0.05, 0) is 42.7 Å². The largest absolute Gasteiger partial charge is 0.351 e. The number of nitrogens with zero attached hydrogens (tertiary/aromatic N) is 3. The quantitative estimate of drug-likeness (QED) is 0.710. The van der Waals surface area contributed by atoms with Crippen LogP contribution in [-0.2, 0) is 16.1 Å². The van der Waals surface area contributed by atoms with Crippen LogP contribution in [-0.4, -0.2) is 39.0 Å². The molecular weight excluding hydrogens is 427 g/mol. The number of halogens is 1. The fourth-order valence-corrected chi connectivity index (χ4v) is 4.71. The van der Waals surface area contributed by atoms with Crippen LogP contribution in [0.3, 0.4) is 0 Å². The summed E-state index contributed by atoms with van der Waals surface area (Å²) in [5.74, 6) is 0.0422. The van der Waals surface area contributed by atoms with Crippen molar-refractivity contribution in [3.63, 3.8) is 0 Å². The Labute approximate surface area is 191 Å². The van der Waals surface area contributed by atoms with Crippen LogP contribution in [0.2, 0.25) is 0 Å². The summed E-state index contributed by atoms with van der Waals surface area (Å²) in [5, 5.41) is 3.04. The Bertz CT molecular complexity index is 1100. The molecule has 2 aliphatic heterocycles. The molecule has 166 valence electrons. The Kier molecular flexibility index (Phi) is 6.41. The molecule has 2 aromatic carbocycles. The molecule has 2 amide bonds. The molecule has 3 atom stereocenters. The van der Waals surface area contributed by atoms with Crippen LogP contribution in [0.1, 0.15) is 38.3 Å². The zero-order chi connectivity index (χ0) is 22.8. The third kappa shape index (κ3) is 4.32. The highest BCUT2D eigenvalue weighted by Gasteiger charge is 2.44. The van der Waals surface area contributed by atoms with Crippen molar-refractivity contribution in [2.75, 3.05) is 0 Å². The number of thioether (sulfide) groups is 1. The number of benzene rings is 2. The standard InChI is InChI=1S/C24H25FN4O2S/c1-4-14(2)20-23(31)28-21-18-7-5-6-8-19(18)27-24(29(20)21)32-15(3)22(30)26-13-16-9-11-17(25)12-10-16/h5-12,14-15,20H,4,13H2,1-3H3,(H,26,30). The molecule has 32 heavy (non-hydrogen) atoms. The SMILES string of the molecule is CCC(C)C1C(=O)N=C2c3ccccc3N=C(SC(C)C(=O)NCc3ccc(F)cc3)N21. The molecule has 0 bridgehead atoms. The number of carbonyl (C=O) groups is 2. The number of amidine groups is 2. The molecule has 0 saturated carbocycles. The molecular formula is C24H25FN4O2S. The van der Waals surface area contributed by atoms with Gasteiger partial charge < -0.3 is 5.32 Å². The summed E-state index contributed by atoms with van der Waals surface area (Å²) < 4.78 is 13.1. The first-order valence-corrected chi connectivity index (χ1v) is 11.6. The van der Waals surface area contributed by atoms with E-state index >= 15 is 0 Å². The molecule has 0 fully saturated rings. The van der Waals surface area contributed by atoms with Crippen LogP contribution in [0.25, 0.3) is 0 Å². The van der Waals surface area contributed by atoms with Gasteiger partial charge in [-0.3, -0.25) is 14.5 Å². The number of rotatable bonds is 6. The van der Waals surface area contributed by atoms with Gasteiger partial charge in [0.1, 0.15) is 17.7 Å². The second kappa shape index (κ2) is 9.24. The topological polar surface area (TPSA) is 74.1 Å². The monoisotopic (exact) mass is 452 g/mol. The lowest BCUT2D eigenvalue weighted by molar-refractivity contribution is -0.121. The predicted octanol–water partition coefficient (Wildman–Crippen LogP) is 4.27. The number of hydrogen-bond donors (Lipinski definition) is 1. The fourth-order valence-electron chi connectivity index (χ4n) is 3.73. The fraction of sp³-hybridized carbons (Fsp3) is 0.333. The van der Waals surface area contributed by atoms with Crippen molar-refractivity contribution in [1.29, 1.82) is 0 Å². The number of fused-ring (bicyclic) bond motifs is 3. The summed E-state index contributed by atoms with van der Waals surface area (Å²) >= 11 is 1.31. The highest BCUT2D eigenvalue weighted by molar-refractivity contribution is 8.14. The van der Waals surface area contributed by atoms with Gasteiger partial charge in [0, 0.05) is 12.1 Å². The van der Waals surface area contributed by atoms with Crippen LogP contribution >= 0.6 is 11.8 Å². The molecule has 6 nitrogen and oxygen atoms in total. The zero-order valence-corrected chi connectivity index (χ0v) is 19.0. The van der Waals surface area contributed by atoms with Crippen molar-refractivity contribution in [3.05, 3.63) is 65.5 Å². The Morgan fingerprint density at radius 1 is 1.16 bits per heavy atom. The minimum atomic E-state index is -0.450. The molecule has 2 aliphatic rings. The van der Waals surface area contributed by atoms with Crippen molar-refractivity contribution in [3.8, 4) is 0 Å². The van der Waals surface area contributed by atoms with Crippen molar-refractivity contribution in [2.24, 2.45) is 15.9 Å². The van der Waals surface area contributed by atoms with Gasteiger partial charge in [-0.25, -0.2) is 9.38 Å². The van der Waals surface area contributed by atoms with E-state index in [1.807, 2.05) is 43.0 Å². The van der Waals surface area contributed by atoms with Crippen molar-refractivity contribution >= 4 is 40.3 Å². The van der Waals surface area contributed by atoms with Gasteiger partial charge in [0.2, 0.25) is 5.91 Å². The van der Waals surface area contributed by atoms with E-state index in [-0.39, 0.29) is 23.5 Å². The molecule has 0 spiro atoms. The van der Waals surface area contributed by atoms with Gasteiger partial charge in [0.05, 0.1) is 10.9 Å². The molecule has 1 N–H and O–H groups in total. The Balaban J connectivity index is 1.55. The maximum atomic E-state index is 13.1. The molecule has 8 heteroatoms. The molecule has 4 rings (SSSR count). The Morgan fingerprint density at radius 3 is 2.59 bits per heavy atom. The number of hydrogen-bond acceptors (Lipinski definition) is 5. The number of aliphatic imine (C=N–C) groups is 2. The molecule has 2 heterocycles. The maximum absolute atomic E-state index is 13.1. The van der Waals surface area contributed by atoms with E-state index < -0.39 is 11.3 Å². The summed E-state index contributed by atoms with van der Waals surface area (Å²) in [4.78, 5) is 36.6. The van der Waals surface area contributed by atoms with E-state index in [0.29, 0.717) is 17.5 Å². The molecule has 2 aromatic rings. The summed E-state index contributed by atoms with van der Waals surface area (Å²) in [6.45, 7) is 6.19. The highest BCUT2D eigenvalue weighted by Crippen LogP contribution is 2.37. The Hall–Kier alpha value is -3.00. The van der Waals surface area contributed by atoms with Gasteiger partial charge in [0.15, 0.2) is 5.17 Å². The van der Waals surface area contributed by atoms with Crippen LogP contribution in [0, 0.1) is 11.7 Å². The van der Waals surface area contributed by atoms with Crippen molar-refractivity contribution < 1.29 is 14.0 Å². The molecule has 0 saturated heterocycles. The minimum absolute atomic E-state index is 0.0856. The van der Waals surface area contributed by atoms with Crippen molar-refractivity contribution in [2.45, 2.75) is 45.0 Å². The van der Waals surface area contributed by atoms with Crippen LogP contribution in [0.15, 0.2) is 58.5 Å². The van der Waals surface area contributed by atoms with Gasteiger partial charge in [0.25, 0.3) is 5.91 Å². The van der Waals surface area contributed by atoms with E-state index in [9.17, 15) is 14.0 Å². The normalized spacial score (nSPS) is 18.9. The first kappa shape index (κ1) is 22.2. The molecule has 0 aromatic heterocycles. The van der Waals surface area contributed by atoms with Gasteiger partial charge >= 0.3 is 0 Å². The smallest absolute Gasteiger partial charge is 0.271 e. The average molecular weight is 453 g/mol. The number of para-hydroxylation sites is 1. The summed E-state index contributed by atoms with van der Waals surface area (Å²) in [5.41, 5.74) is 2.38.